The van der Waals surface area contributed by atoms with Gasteiger partial charge in [0.15, 0.2) is 6.54 Å². The summed E-state index contributed by atoms with van der Waals surface area (Å²) < 4.78 is 13.2. The zero-order valence-electron chi connectivity index (χ0n) is 12.2. The van der Waals surface area contributed by atoms with Gasteiger partial charge in [0.1, 0.15) is 17.9 Å². The van der Waals surface area contributed by atoms with Crippen LogP contribution in [0.3, 0.4) is 0 Å². The van der Waals surface area contributed by atoms with Crippen molar-refractivity contribution in [2.24, 2.45) is 5.92 Å². The highest BCUT2D eigenvalue weighted by molar-refractivity contribution is 5.21. The van der Waals surface area contributed by atoms with Crippen LogP contribution in [0.2, 0.25) is 0 Å². The number of halogens is 1. The van der Waals surface area contributed by atoms with E-state index in [9.17, 15) is 9.50 Å². The van der Waals surface area contributed by atoms with Crippen molar-refractivity contribution in [3.63, 3.8) is 0 Å². The van der Waals surface area contributed by atoms with Crippen LogP contribution in [0.4, 0.5) is 4.39 Å². The Morgan fingerprint density at radius 3 is 2.76 bits per heavy atom. The maximum absolute atomic E-state index is 13.2. The maximum atomic E-state index is 13.2. The number of aliphatic hydroxyl groups is 1. The number of quaternary nitrogens is 1. The van der Waals surface area contributed by atoms with E-state index in [1.807, 2.05) is 12.1 Å². The highest BCUT2D eigenvalue weighted by Crippen LogP contribution is 2.43. The zero-order chi connectivity index (χ0) is 14.9. The maximum Gasteiger partial charge on any atom is 0.165 e. The molecule has 0 amide bonds. The van der Waals surface area contributed by atoms with E-state index in [1.54, 1.807) is 0 Å². The van der Waals surface area contributed by atoms with Crippen LogP contribution in [0.25, 0.3) is 0 Å². The first-order chi connectivity index (χ1) is 10.1. The Morgan fingerprint density at radius 1 is 1.29 bits per heavy atom. The van der Waals surface area contributed by atoms with Gasteiger partial charge >= 0.3 is 0 Å². The lowest BCUT2D eigenvalue weighted by Gasteiger charge is -2.49. The fraction of sp³-hybridized carbons (Fsp3) is 0.588. The molecule has 1 aromatic rings. The van der Waals surface area contributed by atoms with E-state index in [0.29, 0.717) is 6.54 Å². The molecule has 2 aliphatic rings. The van der Waals surface area contributed by atoms with E-state index in [1.165, 1.54) is 17.0 Å². The molecule has 1 saturated heterocycles. The second-order valence-corrected chi connectivity index (χ2v) is 6.48. The van der Waals surface area contributed by atoms with Crippen LogP contribution < -0.4 is 4.90 Å². The fourth-order valence-electron chi connectivity index (χ4n) is 4.29. The minimum Gasteiger partial charge on any atom is -0.389 e. The van der Waals surface area contributed by atoms with E-state index < -0.39 is 5.60 Å². The first-order valence-corrected chi connectivity index (χ1v) is 7.83. The molecule has 2 N–H and O–H groups in total. The summed E-state index contributed by atoms with van der Waals surface area (Å²) in [7, 11) is 0. The molecule has 3 rings (SSSR count). The quantitative estimate of drug-likeness (QED) is 0.813. The smallest absolute Gasteiger partial charge is 0.165 e. The number of hydrogen-bond donors (Lipinski definition) is 2. The third-order valence-corrected chi connectivity index (χ3v) is 5.32. The Morgan fingerprint density at radius 2 is 2.05 bits per heavy atom. The standard InChI is InChI=1S/C17H21FN2O/c18-14-6-4-13(5-7-14)16-15-3-1-2-8-17(15,21)9-11-20(16)12-10-19/h4-7,15-16,21H,1-3,8-9,11-12H2/p+1/t15-,16+,17+/m1/s1. The molecule has 4 atom stereocenters. The first-order valence-electron chi connectivity index (χ1n) is 7.83. The van der Waals surface area contributed by atoms with Crippen molar-refractivity contribution in [1.29, 1.82) is 5.26 Å². The molecule has 21 heavy (non-hydrogen) atoms. The molecule has 0 bridgehead atoms. The highest BCUT2D eigenvalue weighted by atomic mass is 19.1. The van der Waals surface area contributed by atoms with Gasteiger partial charge in [0, 0.05) is 17.9 Å². The van der Waals surface area contributed by atoms with Gasteiger partial charge < -0.3 is 10.0 Å². The number of nitrogens with zero attached hydrogens (tertiary/aromatic N) is 1. The van der Waals surface area contributed by atoms with Crippen LogP contribution in [0.15, 0.2) is 24.3 Å². The van der Waals surface area contributed by atoms with Crippen molar-refractivity contribution < 1.29 is 14.4 Å². The van der Waals surface area contributed by atoms with Crippen molar-refractivity contribution in [2.75, 3.05) is 13.1 Å². The summed E-state index contributed by atoms with van der Waals surface area (Å²) >= 11 is 0. The molecule has 2 fully saturated rings. The summed E-state index contributed by atoms with van der Waals surface area (Å²) in [5.74, 6) is -0.0656. The van der Waals surface area contributed by atoms with Crippen molar-refractivity contribution >= 4 is 0 Å². The number of nitrogens with one attached hydrogen (secondary N) is 1. The number of piperidine rings is 1. The summed E-state index contributed by atoms with van der Waals surface area (Å²) in [6, 6.07) is 8.96. The van der Waals surface area contributed by atoms with E-state index in [0.717, 1.165) is 44.2 Å². The second kappa shape index (κ2) is 5.75. The molecule has 4 heteroatoms. The first kappa shape index (κ1) is 14.5. The van der Waals surface area contributed by atoms with Crippen molar-refractivity contribution in [2.45, 2.75) is 43.7 Å². The van der Waals surface area contributed by atoms with Gasteiger partial charge in [0.25, 0.3) is 0 Å². The molecule has 1 aliphatic carbocycles. The van der Waals surface area contributed by atoms with E-state index in [4.69, 9.17) is 5.26 Å². The van der Waals surface area contributed by atoms with Crippen LogP contribution in [0.5, 0.6) is 0 Å². The molecular formula is C17H22FN2O+. The van der Waals surface area contributed by atoms with Gasteiger partial charge in [-0.15, -0.1) is 0 Å². The van der Waals surface area contributed by atoms with E-state index in [2.05, 4.69) is 6.07 Å². The Hall–Kier alpha value is -1.44. The van der Waals surface area contributed by atoms with Gasteiger partial charge in [-0.3, -0.25) is 0 Å². The molecule has 0 radical (unpaired) electrons. The second-order valence-electron chi connectivity index (χ2n) is 6.48. The Kier molecular flexibility index (Phi) is 3.97. The molecule has 1 aliphatic heterocycles. The average molecular weight is 289 g/mol. The van der Waals surface area contributed by atoms with E-state index >= 15 is 0 Å². The zero-order valence-corrected chi connectivity index (χ0v) is 12.2. The van der Waals surface area contributed by atoms with Crippen LogP contribution >= 0.6 is 0 Å². The molecular weight excluding hydrogens is 267 g/mol. The molecule has 1 saturated carbocycles. The molecule has 1 unspecified atom stereocenters. The molecule has 0 aromatic heterocycles. The minimum absolute atomic E-state index is 0.101. The molecule has 1 heterocycles. The summed E-state index contributed by atoms with van der Waals surface area (Å²) in [5.41, 5.74) is 0.447. The third-order valence-electron chi connectivity index (χ3n) is 5.32. The number of hydrogen-bond acceptors (Lipinski definition) is 2. The average Bonchev–Trinajstić information content (AvgIpc) is 2.49. The van der Waals surface area contributed by atoms with Crippen LogP contribution in [0, 0.1) is 23.1 Å². The normalized spacial score (nSPS) is 35.8. The topological polar surface area (TPSA) is 48.5 Å². The number of fused-ring (bicyclic) bond motifs is 1. The molecule has 1 aromatic carbocycles. The summed E-state index contributed by atoms with van der Waals surface area (Å²) in [6.07, 6.45) is 4.83. The predicted octanol–water partition coefficient (Wildman–Crippen LogP) is 1.60. The molecule has 0 spiro atoms. The van der Waals surface area contributed by atoms with Crippen molar-refractivity contribution in [1.82, 2.24) is 0 Å². The largest absolute Gasteiger partial charge is 0.389 e. The summed E-state index contributed by atoms with van der Waals surface area (Å²) in [4.78, 5) is 1.21. The Labute approximate surface area is 125 Å². The number of benzene rings is 1. The number of rotatable bonds is 2. The SMILES string of the molecule is N#CC[NH+]1CC[C@@]2(O)CCCC[C@@H]2[C@@H]1c1ccc(F)cc1. The lowest BCUT2D eigenvalue weighted by atomic mass is 9.66. The fourth-order valence-corrected chi connectivity index (χ4v) is 4.29. The third kappa shape index (κ3) is 2.68. The Bertz CT molecular complexity index is 539. The van der Waals surface area contributed by atoms with Gasteiger partial charge in [-0.05, 0) is 25.0 Å². The van der Waals surface area contributed by atoms with Gasteiger partial charge in [0.05, 0.1) is 12.1 Å². The minimum atomic E-state index is -0.601. The van der Waals surface area contributed by atoms with Crippen LogP contribution in [-0.2, 0) is 0 Å². The van der Waals surface area contributed by atoms with Gasteiger partial charge in [-0.1, -0.05) is 25.0 Å². The summed E-state index contributed by atoms with van der Waals surface area (Å²) in [6.45, 7) is 1.25. The van der Waals surface area contributed by atoms with Crippen LogP contribution in [0.1, 0.15) is 43.7 Å². The highest BCUT2D eigenvalue weighted by Gasteiger charge is 2.51. The van der Waals surface area contributed by atoms with Crippen molar-refractivity contribution in [3.8, 4) is 6.07 Å². The van der Waals surface area contributed by atoms with Gasteiger partial charge in [0.2, 0.25) is 0 Å². The Balaban J connectivity index is 1.96. The van der Waals surface area contributed by atoms with Crippen LogP contribution in [-0.4, -0.2) is 23.8 Å². The van der Waals surface area contributed by atoms with Gasteiger partial charge in [-0.25, -0.2) is 4.39 Å². The summed E-state index contributed by atoms with van der Waals surface area (Å²) in [5, 5.41) is 20.1. The molecule has 112 valence electrons. The van der Waals surface area contributed by atoms with E-state index in [-0.39, 0.29) is 17.8 Å². The van der Waals surface area contributed by atoms with Crippen molar-refractivity contribution in [3.05, 3.63) is 35.6 Å². The number of nitriles is 1. The molecule has 3 nitrogen and oxygen atoms in total. The lowest BCUT2D eigenvalue weighted by Crippen LogP contribution is -3.15. The van der Waals surface area contributed by atoms with Gasteiger partial charge in [-0.2, -0.15) is 5.26 Å². The number of likely N-dealkylation sites (tertiary alicyclic amines) is 1. The lowest BCUT2D eigenvalue weighted by molar-refractivity contribution is -0.938. The predicted molar refractivity (Wildman–Crippen MR) is 77.0 cm³/mol. The monoisotopic (exact) mass is 289 g/mol.